The van der Waals surface area contributed by atoms with E-state index in [9.17, 15) is 14.9 Å². The number of hydrogen-bond donors (Lipinski definition) is 1. The summed E-state index contributed by atoms with van der Waals surface area (Å²) in [4.78, 5) is 23.2. The maximum atomic E-state index is 12.9. The Labute approximate surface area is 182 Å². The number of nitrogens with one attached hydrogen (secondary N) is 1. The molecule has 0 aliphatic rings. The highest BCUT2D eigenvalue weighted by atomic mass is 35.5. The first-order chi connectivity index (χ1) is 14.2. The lowest BCUT2D eigenvalue weighted by molar-refractivity contribution is -0.385. The number of benzene rings is 1. The number of aryl methyl sites for hydroxylation is 1. The van der Waals surface area contributed by atoms with Gasteiger partial charge in [0.15, 0.2) is 0 Å². The lowest BCUT2D eigenvalue weighted by atomic mass is 10.2. The zero-order valence-corrected chi connectivity index (χ0v) is 18.1. The molecule has 1 unspecified atom stereocenters. The van der Waals surface area contributed by atoms with Crippen LogP contribution in [0.5, 0.6) is 0 Å². The van der Waals surface area contributed by atoms with E-state index in [2.05, 4.69) is 15.5 Å². The van der Waals surface area contributed by atoms with E-state index in [0.29, 0.717) is 34.4 Å². The Balaban J connectivity index is 1.81. The van der Waals surface area contributed by atoms with Gasteiger partial charge in [-0.3, -0.25) is 24.3 Å². The van der Waals surface area contributed by atoms with Crippen molar-refractivity contribution in [1.82, 2.24) is 19.6 Å². The second-order valence-electron chi connectivity index (χ2n) is 6.79. The Kier molecular flexibility index (Phi) is 6.42. The zero-order valence-electron chi connectivity index (χ0n) is 16.6. The molecule has 0 saturated heterocycles. The summed E-state index contributed by atoms with van der Waals surface area (Å²) in [5.41, 5.74) is 2.67. The third kappa shape index (κ3) is 4.47. The number of hydrogen-bond acceptors (Lipinski definition) is 5. The van der Waals surface area contributed by atoms with Crippen molar-refractivity contribution in [2.24, 2.45) is 0 Å². The summed E-state index contributed by atoms with van der Waals surface area (Å²) in [5.74, 6) is -0.328. The normalized spacial score (nSPS) is 12.0. The summed E-state index contributed by atoms with van der Waals surface area (Å²) in [6.07, 6.45) is 2.79. The summed E-state index contributed by atoms with van der Waals surface area (Å²) in [6, 6.07) is 4.57. The predicted octanol–water partition coefficient (Wildman–Crippen LogP) is 4.55. The molecular weight excluding hydrogens is 431 g/mol. The molecule has 0 aliphatic carbocycles. The van der Waals surface area contributed by atoms with Crippen LogP contribution in [-0.2, 0) is 11.3 Å². The summed E-state index contributed by atoms with van der Waals surface area (Å²) < 4.78 is 3.05. The molecule has 158 valence electrons. The smallest absolute Gasteiger partial charge is 0.307 e. The topological polar surface area (TPSA) is 108 Å². The Hall–Kier alpha value is -2.91. The highest BCUT2D eigenvalue weighted by molar-refractivity contribution is 6.35. The summed E-state index contributed by atoms with van der Waals surface area (Å²) >= 11 is 12.2. The summed E-state index contributed by atoms with van der Waals surface area (Å²) in [6.45, 7) is 5.87. The molecule has 0 radical (unpaired) electrons. The number of carbonyl (C=O) groups excluding carboxylic acids is 1. The molecule has 0 spiro atoms. The van der Waals surface area contributed by atoms with Crippen LogP contribution in [-0.4, -0.2) is 30.4 Å². The van der Waals surface area contributed by atoms with E-state index in [1.54, 1.807) is 23.7 Å². The molecule has 30 heavy (non-hydrogen) atoms. The van der Waals surface area contributed by atoms with Gasteiger partial charge in [-0.2, -0.15) is 10.2 Å². The fourth-order valence-corrected chi connectivity index (χ4v) is 3.60. The van der Waals surface area contributed by atoms with Gasteiger partial charge in [0, 0.05) is 10.0 Å². The molecule has 2 aromatic heterocycles. The van der Waals surface area contributed by atoms with E-state index in [4.69, 9.17) is 23.2 Å². The van der Waals surface area contributed by atoms with Crippen molar-refractivity contribution in [2.75, 3.05) is 5.32 Å². The van der Waals surface area contributed by atoms with Crippen molar-refractivity contribution in [2.45, 2.75) is 39.8 Å². The largest absolute Gasteiger partial charge is 0.321 e. The Morgan fingerprint density at radius 3 is 2.67 bits per heavy atom. The maximum absolute atomic E-state index is 12.9. The van der Waals surface area contributed by atoms with Crippen LogP contribution in [0.1, 0.15) is 36.3 Å². The molecule has 0 saturated carbocycles. The molecule has 9 nitrogen and oxygen atoms in total. The first kappa shape index (κ1) is 21.8. The van der Waals surface area contributed by atoms with Crippen LogP contribution in [0.2, 0.25) is 10.0 Å². The van der Waals surface area contributed by atoms with Crippen molar-refractivity contribution < 1.29 is 9.72 Å². The van der Waals surface area contributed by atoms with E-state index in [1.165, 1.54) is 10.9 Å². The average molecular weight is 451 g/mol. The first-order valence-corrected chi connectivity index (χ1v) is 9.94. The van der Waals surface area contributed by atoms with Crippen molar-refractivity contribution in [3.05, 3.63) is 67.7 Å². The van der Waals surface area contributed by atoms with Crippen LogP contribution in [0.25, 0.3) is 0 Å². The van der Waals surface area contributed by atoms with Gasteiger partial charge in [0.2, 0.25) is 5.91 Å². The van der Waals surface area contributed by atoms with Crippen LogP contribution in [0.4, 0.5) is 11.4 Å². The quantitative estimate of drug-likeness (QED) is 0.419. The Morgan fingerprint density at radius 2 is 2.07 bits per heavy atom. The first-order valence-electron chi connectivity index (χ1n) is 9.18. The van der Waals surface area contributed by atoms with E-state index < -0.39 is 11.0 Å². The average Bonchev–Trinajstić information content (AvgIpc) is 3.26. The molecule has 0 aliphatic heterocycles. The number of amides is 1. The van der Waals surface area contributed by atoms with E-state index >= 15 is 0 Å². The lowest BCUT2D eigenvalue weighted by Gasteiger charge is -2.15. The molecule has 1 N–H and O–H groups in total. The van der Waals surface area contributed by atoms with Gasteiger partial charge in [0.1, 0.15) is 18.4 Å². The minimum absolute atomic E-state index is 0.165. The molecule has 0 fully saturated rings. The number of anilines is 1. The molecule has 2 heterocycles. The highest BCUT2D eigenvalue weighted by Gasteiger charge is 2.24. The van der Waals surface area contributed by atoms with Crippen molar-refractivity contribution >= 4 is 40.5 Å². The van der Waals surface area contributed by atoms with Crippen LogP contribution in [0, 0.1) is 24.0 Å². The van der Waals surface area contributed by atoms with Gasteiger partial charge in [-0.25, -0.2) is 0 Å². The number of carbonyl (C=O) groups is 1. The van der Waals surface area contributed by atoms with E-state index in [1.807, 2.05) is 19.9 Å². The molecule has 0 bridgehead atoms. The van der Waals surface area contributed by atoms with Crippen LogP contribution >= 0.6 is 23.2 Å². The molecule has 3 aromatic rings. The third-order valence-electron chi connectivity index (χ3n) is 4.77. The minimum Gasteiger partial charge on any atom is -0.321 e. The fourth-order valence-electron chi connectivity index (χ4n) is 3.13. The molecule has 3 rings (SSSR count). The Bertz CT molecular complexity index is 1110. The van der Waals surface area contributed by atoms with Crippen LogP contribution in [0.15, 0.2) is 30.6 Å². The number of nitrogens with zero attached hydrogens (tertiary/aromatic N) is 5. The van der Waals surface area contributed by atoms with Gasteiger partial charge in [-0.05, 0) is 38.0 Å². The molecule has 11 heteroatoms. The van der Waals surface area contributed by atoms with E-state index in [0.717, 1.165) is 17.5 Å². The highest BCUT2D eigenvalue weighted by Crippen LogP contribution is 2.26. The van der Waals surface area contributed by atoms with E-state index in [-0.39, 0.29) is 11.6 Å². The van der Waals surface area contributed by atoms with Gasteiger partial charge in [-0.1, -0.05) is 36.2 Å². The molecule has 1 aromatic carbocycles. The Morgan fingerprint density at radius 1 is 1.33 bits per heavy atom. The number of halogens is 2. The summed E-state index contributed by atoms with van der Waals surface area (Å²) in [5, 5.41) is 23.3. The zero-order chi connectivity index (χ0) is 22.0. The van der Waals surface area contributed by atoms with Crippen molar-refractivity contribution in [1.29, 1.82) is 0 Å². The predicted molar refractivity (Wildman–Crippen MR) is 114 cm³/mol. The summed E-state index contributed by atoms with van der Waals surface area (Å²) in [7, 11) is 0. The van der Waals surface area contributed by atoms with Gasteiger partial charge in [0.25, 0.3) is 0 Å². The second-order valence-corrected chi connectivity index (χ2v) is 7.63. The van der Waals surface area contributed by atoms with Gasteiger partial charge in [-0.15, -0.1) is 0 Å². The maximum Gasteiger partial charge on any atom is 0.307 e. The van der Waals surface area contributed by atoms with Crippen LogP contribution < -0.4 is 5.32 Å². The molecular formula is C19H20Cl2N6O3. The van der Waals surface area contributed by atoms with Gasteiger partial charge in [0.05, 0.1) is 28.5 Å². The SMILES string of the molecule is CCC(C(=O)Nc1c(C)nn(Cc2ccc(Cl)cc2Cl)c1C)n1cc([N+](=O)[O-])cn1. The number of nitro groups is 1. The van der Waals surface area contributed by atoms with Crippen molar-refractivity contribution in [3.8, 4) is 0 Å². The standard InChI is InChI=1S/C19H20Cl2N6O3/c1-4-17(26-10-15(8-22-26)27(29)30)19(28)23-18-11(2)24-25(12(18)3)9-13-5-6-14(20)7-16(13)21/h5-8,10,17H,4,9H2,1-3H3,(H,23,28). The number of aromatic nitrogens is 4. The monoisotopic (exact) mass is 450 g/mol. The second kappa shape index (κ2) is 8.85. The molecule has 1 amide bonds. The van der Waals surface area contributed by atoms with Gasteiger partial charge >= 0.3 is 5.69 Å². The van der Waals surface area contributed by atoms with Crippen LogP contribution in [0.3, 0.4) is 0 Å². The van der Waals surface area contributed by atoms with Gasteiger partial charge < -0.3 is 5.32 Å². The molecule has 1 atom stereocenters. The third-order valence-corrected chi connectivity index (χ3v) is 5.36. The minimum atomic E-state index is -0.688. The van der Waals surface area contributed by atoms with Crippen molar-refractivity contribution in [3.63, 3.8) is 0 Å². The number of rotatable bonds is 7. The fraction of sp³-hybridized carbons (Fsp3) is 0.316. The lowest BCUT2D eigenvalue weighted by Crippen LogP contribution is -2.26.